The minimum atomic E-state index is 0.810. The molecule has 1 heterocycles. The molecule has 0 radical (unpaired) electrons. The Kier molecular flexibility index (Phi) is 1.28. The molecule has 1 aromatic carbocycles. The lowest BCUT2D eigenvalue weighted by molar-refractivity contribution is 1.09. The Morgan fingerprint density at radius 1 is 1.14 bits per heavy atom. The number of hydrazone groups is 1. The van der Waals surface area contributed by atoms with Crippen LogP contribution in [0.5, 0.6) is 0 Å². The molecule has 0 saturated heterocycles. The van der Waals surface area contributed by atoms with Crippen molar-refractivity contribution < 1.29 is 0 Å². The van der Waals surface area contributed by atoms with Gasteiger partial charge in [0.05, 0.1) is 0 Å². The molecule has 3 N–H and O–H groups in total. The maximum Gasteiger partial charge on any atom is 0.102 e. The van der Waals surface area contributed by atoms with Gasteiger partial charge in [-0.3, -0.25) is 5.10 Å². The van der Waals surface area contributed by atoms with Crippen molar-refractivity contribution in [1.29, 1.82) is 0 Å². The van der Waals surface area contributed by atoms with E-state index < -0.39 is 0 Å². The van der Waals surface area contributed by atoms with E-state index in [1.165, 1.54) is 0 Å². The van der Waals surface area contributed by atoms with E-state index in [0.29, 0.717) is 0 Å². The second kappa shape index (κ2) is 2.45. The summed E-state index contributed by atoms with van der Waals surface area (Å²) in [5.41, 5.74) is 4.87. The van der Waals surface area contributed by atoms with Crippen LogP contribution in [0.2, 0.25) is 0 Å². The third kappa shape index (κ3) is 0.724. The van der Waals surface area contributed by atoms with E-state index >= 15 is 0 Å². The smallest absolute Gasteiger partial charge is 0.102 e. The minimum absolute atomic E-state index is 0.810. The van der Waals surface area contributed by atoms with Gasteiger partial charge in [-0.25, -0.2) is 0 Å². The van der Waals surface area contributed by atoms with E-state index in [-0.39, 0.29) is 0 Å². The highest BCUT2D eigenvalue weighted by Crippen LogP contribution is 2.34. The fraction of sp³-hybridized carbons (Fsp3) is 0. The molecule has 2 aromatic rings. The molecule has 0 bridgehead atoms. The normalized spacial score (nSPS) is 15.6. The topological polar surface area (TPSA) is 67.1 Å². The standard InChI is InChI=1S/C10H8N4/c11-13-9-6-3-1-2-4-7(6)10-8(9)5-12-14-10/h1-5H,11H2,(H,12,14). The summed E-state index contributed by atoms with van der Waals surface area (Å²) in [4.78, 5) is 0. The minimum Gasteiger partial charge on any atom is -0.323 e. The number of benzene rings is 1. The van der Waals surface area contributed by atoms with Crippen molar-refractivity contribution in [3.05, 3.63) is 41.6 Å². The zero-order chi connectivity index (χ0) is 9.54. The Morgan fingerprint density at radius 3 is 2.71 bits per heavy atom. The van der Waals surface area contributed by atoms with Crippen LogP contribution in [-0.2, 0) is 0 Å². The molecule has 14 heavy (non-hydrogen) atoms. The van der Waals surface area contributed by atoms with E-state index in [9.17, 15) is 0 Å². The molecule has 0 fully saturated rings. The second-order valence-corrected chi connectivity index (χ2v) is 3.17. The van der Waals surface area contributed by atoms with Crippen molar-refractivity contribution in [1.82, 2.24) is 10.2 Å². The highest BCUT2D eigenvalue weighted by Gasteiger charge is 2.26. The van der Waals surface area contributed by atoms with E-state index in [1.807, 2.05) is 30.5 Å². The summed E-state index contributed by atoms with van der Waals surface area (Å²) in [5.74, 6) is 5.37. The summed E-state index contributed by atoms with van der Waals surface area (Å²) in [6.07, 6.45) is 1.82. The molecular formula is C10H8N4. The number of hydrogen-bond donors (Lipinski definition) is 2. The van der Waals surface area contributed by atoms with Gasteiger partial charge in [-0.15, -0.1) is 0 Å². The molecule has 1 aromatic heterocycles. The third-order valence-electron chi connectivity index (χ3n) is 2.46. The molecule has 0 spiro atoms. The Morgan fingerprint density at radius 2 is 1.93 bits per heavy atom. The first-order valence-electron chi connectivity index (χ1n) is 4.33. The van der Waals surface area contributed by atoms with Crippen molar-refractivity contribution in [3.63, 3.8) is 0 Å². The van der Waals surface area contributed by atoms with Crippen molar-refractivity contribution >= 4 is 5.71 Å². The Bertz CT molecular complexity index is 524. The van der Waals surface area contributed by atoms with Crippen LogP contribution in [0.15, 0.2) is 35.6 Å². The summed E-state index contributed by atoms with van der Waals surface area (Å²) in [7, 11) is 0. The first-order valence-corrected chi connectivity index (χ1v) is 4.33. The number of rotatable bonds is 0. The molecule has 0 atom stereocenters. The number of aromatic nitrogens is 2. The quantitative estimate of drug-likeness (QED) is 0.406. The van der Waals surface area contributed by atoms with Crippen LogP contribution in [0.25, 0.3) is 11.3 Å². The van der Waals surface area contributed by atoms with E-state index in [1.54, 1.807) is 0 Å². The average Bonchev–Trinajstić information content (AvgIpc) is 2.77. The lowest BCUT2D eigenvalue weighted by Crippen LogP contribution is -2.00. The second-order valence-electron chi connectivity index (χ2n) is 3.17. The highest BCUT2D eigenvalue weighted by molar-refractivity contribution is 6.23. The van der Waals surface area contributed by atoms with E-state index in [2.05, 4.69) is 15.3 Å². The number of hydrogen-bond acceptors (Lipinski definition) is 3. The van der Waals surface area contributed by atoms with Gasteiger partial charge in [0, 0.05) is 22.9 Å². The molecule has 3 rings (SSSR count). The van der Waals surface area contributed by atoms with Crippen LogP contribution in [0.4, 0.5) is 0 Å². The number of aromatic amines is 1. The molecule has 68 valence electrons. The third-order valence-corrected chi connectivity index (χ3v) is 2.46. The van der Waals surface area contributed by atoms with Crippen LogP contribution in [0.3, 0.4) is 0 Å². The highest BCUT2D eigenvalue weighted by atomic mass is 15.1. The largest absolute Gasteiger partial charge is 0.323 e. The predicted molar refractivity (Wildman–Crippen MR) is 53.9 cm³/mol. The molecule has 1 aliphatic rings. The van der Waals surface area contributed by atoms with Crippen molar-refractivity contribution in [3.8, 4) is 11.3 Å². The molecule has 1 aliphatic carbocycles. The zero-order valence-electron chi connectivity index (χ0n) is 7.36. The van der Waals surface area contributed by atoms with Crippen LogP contribution < -0.4 is 5.84 Å². The Hall–Kier alpha value is -2.10. The lowest BCUT2D eigenvalue weighted by atomic mass is 10.1. The number of nitrogens with one attached hydrogen (secondary N) is 1. The van der Waals surface area contributed by atoms with Gasteiger partial charge in [-0.1, -0.05) is 24.3 Å². The first-order chi connectivity index (χ1) is 6.92. The average molecular weight is 184 g/mol. The fourth-order valence-corrected chi connectivity index (χ4v) is 1.86. The molecule has 4 nitrogen and oxygen atoms in total. The van der Waals surface area contributed by atoms with Crippen molar-refractivity contribution in [2.45, 2.75) is 0 Å². The van der Waals surface area contributed by atoms with Crippen LogP contribution >= 0.6 is 0 Å². The van der Waals surface area contributed by atoms with Gasteiger partial charge in [-0.05, 0) is 0 Å². The summed E-state index contributed by atoms with van der Waals surface area (Å²) in [6, 6.07) is 7.98. The summed E-state index contributed by atoms with van der Waals surface area (Å²) in [5, 5.41) is 10.8. The van der Waals surface area contributed by atoms with Gasteiger partial charge in [0.25, 0.3) is 0 Å². The van der Waals surface area contributed by atoms with Gasteiger partial charge in [0.1, 0.15) is 11.4 Å². The van der Waals surface area contributed by atoms with Gasteiger partial charge < -0.3 is 5.84 Å². The fourth-order valence-electron chi connectivity index (χ4n) is 1.86. The van der Waals surface area contributed by atoms with E-state index in [4.69, 9.17) is 5.84 Å². The number of nitrogens with two attached hydrogens (primary N) is 1. The molecule has 4 heteroatoms. The van der Waals surface area contributed by atoms with Crippen molar-refractivity contribution in [2.75, 3.05) is 0 Å². The first kappa shape index (κ1) is 7.32. The number of fused-ring (bicyclic) bond motifs is 3. The maximum absolute atomic E-state index is 5.37. The van der Waals surface area contributed by atoms with Gasteiger partial charge in [0.15, 0.2) is 0 Å². The van der Waals surface area contributed by atoms with Crippen LogP contribution in [-0.4, -0.2) is 15.9 Å². The number of nitrogens with zero attached hydrogens (tertiary/aromatic N) is 2. The summed E-state index contributed by atoms with van der Waals surface area (Å²) in [6.45, 7) is 0. The van der Waals surface area contributed by atoms with E-state index in [0.717, 1.165) is 28.1 Å². The SMILES string of the molecule is NN=C1c2ccccc2-c2n[nH]cc21. The predicted octanol–water partition coefficient (Wildman–Crippen LogP) is 1.10. The summed E-state index contributed by atoms with van der Waals surface area (Å²) >= 11 is 0. The van der Waals surface area contributed by atoms with Crippen LogP contribution in [0.1, 0.15) is 11.1 Å². The Balaban J connectivity index is 2.42. The lowest BCUT2D eigenvalue weighted by Gasteiger charge is -1.97. The van der Waals surface area contributed by atoms with Gasteiger partial charge in [0.2, 0.25) is 0 Å². The monoisotopic (exact) mass is 184 g/mol. The summed E-state index contributed by atoms with van der Waals surface area (Å²) < 4.78 is 0. The molecular weight excluding hydrogens is 176 g/mol. The number of H-pyrrole nitrogens is 1. The molecule has 0 aliphatic heterocycles. The molecule has 0 saturated carbocycles. The molecule has 0 unspecified atom stereocenters. The zero-order valence-corrected chi connectivity index (χ0v) is 7.36. The maximum atomic E-state index is 5.37. The van der Waals surface area contributed by atoms with Crippen molar-refractivity contribution in [2.24, 2.45) is 10.9 Å². The van der Waals surface area contributed by atoms with Crippen LogP contribution in [0, 0.1) is 0 Å². The Labute approximate surface area is 80.5 Å². The molecule has 0 amide bonds. The van der Waals surface area contributed by atoms with Gasteiger partial charge in [-0.2, -0.15) is 10.2 Å². The van der Waals surface area contributed by atoms with Gasteiger partial charge >= 0.3 is 0 Å².